The molecule has 0 bridgehead atoms. The van der Waals surface area contributed by atoms with Crippen LogP contribution in [0.15, 0.2) is 103 Å². The number of aromatic nitrogens is 1. The summed E-state index contributed by atoms with van der Waals surface area (Å²) in [4.78, 5) is 33.0. The minimum Gasteiger partial charge on any atom is -0.507 e. The van der Waals surface area contributed by atoms with Gasteiger partial charge in [-0.2, -0.15) is 0 Å². The number of nitrogens with zero attached hydrogens (tertiary/aromatic N) is 2. The maximum Gasteiger partial charge on any atom is 0.301 e. The van der Waals surface area contributed by atoms with E-state index in [1.54, 1.807) is 67.8 Å². The van der Waals surface area contributed by atoms with Gasteiger partial charge in [0.05, 0.1) is 28.9 Å². The van der Waals surface area contributed by atoms with E-state index in [1.165, 1.54) is 16.2 Å². The number of aliphatic hydroxyl groups excluding tert-OH is 1. The number of benzene rings is 4. The second-order valence-electron chi connectivity index (χ2n) is 9.35. The molecule has 1 N–H and O–H groups in total. The number of ketones is 1. The highest BCUT2D eigenvalue weighted by Crippen LogP contribution is 2.45. The molecule has 1 atom stereocenters. The summed E-state index contributed by atoms with van der Waals surface area (Å²) in [5.41, 5.74) is 2.64. The van der Waals surface area contributed by atoms with Gasteiger partial charge in [0.25, 0.3) is 5.78 Å². The van der Waals surface area contributed by atoms with Gasteiger partial charge in [-0.1, -0.05) is 65.4 Å². The first-order valence-electron chi connectivity index (χ1n) is 12.7. The molecule has 1 fully saturated rings. The molecule has 1 aliphatic heterocycles. The summed E-state index contributed by atoms with van der Waals surface area (Å²) >= 11 is 7.30. The van der Waals surface area contributed by atoms with Crippen LogP contribution in [0.3, 0.4) is 0 Å². The summed E-state index contributed by atoms with van der Waals surface area (Å²) in [5.74, 6) is -0.594. The molecule has 204 valence electrons. The number of thiazole rings is 1. The second kappa shape index (κ2) is 11.1. The molecule has 1 saturated heterocycles. The molecule has 2 heterocycles. The van der Waals surface area contributed by atoms with Crippen molar-refractivity contribution in [1.82, 2.24) is 4.98 Å². The molecule has 1 unspecified atom stereocenters. The first kappa shape index (κ1) is 26.6. The molecule has 9 heteroatoms. The number of anilines is 1. The number of aliphatic hydroxyl groups is 1. The highest BCUT2D eigenvalue weighted by Gasteiger charge is 2.48. The zero-order valence-electron chi connectivity index (χ0n) is 21.8. The van der Waals surface area contributed by atoms with E-state index in [0.717, 1.165) is 10.3 Å². The van der Waals surface area contributed by atoms with Gasteiger partial charge in [-0.25, -0.2) is 4.98 Å². The normalized spacial score (nSPS) is 16.3. The highest BCUT2D eigenvalue weighted by atomic mass is 35.5. The molecule has 0 saturated carbocycles. The lowest BCUT2D eigenvalue weighted by atomic mass is 9.95. The first-order chi connectivity index (χ1) is 19.9. The van der Waals surface area contributed by atoms with Crippen LogP contribution in [-0.4, -0.2) is 28.9 Å². The topological polar surface area (TPSA) is 89.0 Å². The number of carbonyl (C=O) groups is 2. The Morgan fingerprint density at radius 1 is 0.951 bits per heavy atom. The predicted molar refractivity (Wildman–Crippen MR) is 160 cm³/mol. The molecule has 1 amide bonds. The first-order valence-corrected chi connectivity index (χ1v) is 13.9. The Bertz CT molecular complexity index is 1780. The number of rotatable bonds is 7. The van der Waals surface area contributed by atoms with Gasteiger partial charge in [-0.15, -0.1) is 0 Å². The number of methoxy groups -OCH3 is 1. The summed E-state index contributed by atoms with van der Waals surface area (Å²) < 4.78 is 12.1. The molecule has 1 aromatic heterocycles. The summed E-state index contributed by atoms with van der Waals surface area (Å²) in [5, 5.41) is 12.2. The van der Waals surface area contributed by atoms with E-state index in [-0.39, 0.29) is 11.3 Å². The summed E-state index contributed by atoms with van der Waals surface area (Å²) in [6.45, 7) is 0.393. The zero-order valence-corrected chi connectivity index (χ0v) is 23.4. The van der Waals surface area contributed by atoms with Gasteiger partial charge in [0.2, 0.25) is 0 Å². The maximum absolute atomic E-state index is 13.5. The number of carbonyl (C=O) groups excluding carboxylic acids is 2. The van der Waals surface area contributed by atoms with Crippen LogP contribution in [0.2, 0.25) is 5.02 Å². The summed E-state index contributed by atoms with van der Waals surface area (Å²) in [6.07, 6.45) is 0. The van der Waals surface area contributed by atoms with E-state index in [2.05, 4.69) is 4.98 Å². The third-order valence-electron chi connectivity index (χ3n) is 6.80. The van der Waals surface area contributed by atoms with Crippen molar-refractivity contribution in [2.75, 3.05) is 12.0 Å². The molecule has 0 spiro atoms. The van der Waals surface area contributed by atoms with E-state index >= 15 is 0 Å². The number of halogens is 1. The minimum atomic E-state index is -0.920. The number of ether oxygens (including phenoxy) is 2. The number of hydrogen-bond acceptors (Lipinski definition) is 7. The van der Waals surface area contributed by atoms with Gasteiger partial charge in [-0.3, -0.25) is 14.5 Å². The molecule has 0 radical (unpaired) electrons. The van der Waals surface area contributed by atoms with E-state index < -0.39 is 17.7 Å². The molecule has 6 rings (SSSR count). The third kappa shape index (κ3) is 5.15. The average molecular weight is 583 g/mol. The van der Waals surface area contributed by atoms with E-state index in [0.29, 0.717) is 44.9 Å². The Hall–Kier alpha value is -4.66. The van der Waals surface area contributed by atoms with Crippen molar-refractivity contribution in [3.8, 4) is 11.5 Å². The van der Waals surface area contributed by atoms with E-state index in [9.17, 15) is 14.7 Å². The smallest absolute Gasteiger partial charge is 0.301 e. The van der Waals surface area contributed by atoms with Crippen LogP contribution in [0, 0.1) is 0 Å². The molecule has 4 aromatic carbocycles. The van der Waals surface area contributed by atoms with Crippen LogP contribution in [-0.2, 0) is 16.2 Å². The van der Waals surface area contributed by atoms with Crippen LogP contribution in [0.25, 0.3) is 16.0 Å². The van der Waals surface area contributed by atoms with Crippen molar-refractivity contribution in [2.45, 2.75) is 12.6 Å². The Kier molecular flexibility index (Phi) is 7.17. The van der Waals surface area contributed by atoms with Crippen molar-refractivity contribution in [3.63, 3.8) is 0 Å². The van der Waals surface area contributed by atoms with E-state index in [4.69, 9.17) is 21.1 Å². The second-order valence-corrected chi connectivity index (χ2v) is 10.8. The predicted octanol–water partition coefficient (Wildman–Crippen LogP) is 7.16. The van der Waals surface area contributed by atoms with Crippen LogP contribution < -0.4 is 14.4 Å². The SMILES string of the molecule is COc1ccc2nc(N3C(=O)C(=O)/C(=C(/O)c4ccc(Cl)cc4)C3c3ccc(OCc4ccccc4)cc3)sc2c1. The highest BCUT2D eigenvalue weighted by molar-refractivity contribution is 7.22. The van der Waals surface area contributed by atoms with Crippen LogP contribution >= 0.6 is 22.9 Å². The number of Topliss-reactive ketones (excluding diaryl/α,β-unsaturated/α-hetero) is 1. The van der Waals surface area contributed by atoms with Crippen LogP contribution in [0.4, 0.5) is 5.13 Å². The standard InChI is InChI=1S/C32H23ClN2O5S/c1-39-24-15-16-25-26(17-24)41-32(34-25)35-28(20-9-13-23(14-10-20)40-18-19-5-3-2-4-6-19)27(30(37)31(35)38)29(36)21-7-11-22(33)12-8-21/h2-17,28,36H,18H2,1H3/b29-27+. The Morgan fingerprint density at radius 2 is 1.66 bits per heavy atom. The Balaban J connectivity index is 1.43. The van der Waals surface area contributed by atoms with Crippen LogP contribution in [0.5, 0.6) is 11.5 Å². The van der Waals surface area contributed by atoms with Crippen LogP contribution in [0.1, 0.15) is 22.7 Å². The van der Waals surface area contributed by atoms with E-state index in [1.807, 2.05) is 36.4 Å². The number of fused-ring (bicyclic) bond motifs is 1. The Morgan fingerprint density at radius 3 is 2.37 bits per heavy atom. The molecule has 0 aliphatic carbocycles. The maximum atomic E-state index is 13.5. The summed E-state index contributed by atoms with van der Waals surface area (Å²) in [6, 6.07) is 27.9. The minimum absolute atomic E-state index is 0.0351. The zero-order chi connectivity index (χ0) is 28.5. The fourth-order valence-electron chi connectivity index (χ4n) is 4.72. The summed E-state index contributed by atoms with van der Waals surface area (Å²) in [7, 11) is 1.58. The van der Waals surface area contributed by atoms with Gasteiger partial charge in [0.1, 0.15) is 23.9 Å². The largest absolute Gasteiger partial charge is 0.507 e. The van der Waals surface area contributed by atoms with Gasteiger partial charge >= 0.3 is 5.91 Å². The monoisotopic (exact) mass is 582 g/mol. The fraction of sp³-hybridized carbons (Fsp3) is 0.0938. The number of hydrogen-bond donors (Lipinski definition) is 1. The quantitative estimate of drug-likeness (QED) is 0.124. The van der Waals surface area contributed by atoms with Gasteiger partial charge in [0.15, 0.2) is 5.13 Å². The molecule has 7 nitrogen and oxygen atoms in total. The molecule has 1 aliphatic rings. The molecule has 41 heavy (non-hydrogen) atoms. The van der Waals surface area contributed by atoms with Crippen molar-refractivity contribution >= 4 is 55.7 Å². The van der Waals surface area contributed by atoms with Crippen molar-refractivity contribution in [2.24, 2.45) is 0 Å². The van der Waals surface area contributed by atoms with Crippen molar-refractivity contribution < 1.29 is 24.2 Å². The number of amides is 1. The lowest BCUT2D eigenvalue weighted by molar-refractivity contribution is -0.132. The molecular formula is C32H23ClN2O5S. The lowest BCUT2D eigenvalue weighted by Gasteiger charge is -2.23. The van der Waals surface area contributed by atoms with Gasteiger partial charge < -0.3 is 14.6 Å². The van der Waals surface area contributed by atoms with Gasteiger partial charge in [0, 0.05) is 10.6 Å². The fourth-order valence-corrected chi connectivity index (χ4v) is 5.87. The van der Waals surface area contributed by atoms with Crippen molar-refractivity contribution in [3.05, 3.63) is 124 Å². The molecular weight excluding hydrogens is 560 g/mol. The Labute approximate surface area is 244 Å². The lowest BCUT2D eigenvalue weighted by Crippen LogP contribution is -2.29. The van der Waals surface area contributed by atoms with Gasteiger partial charge in [-0.05, 0) is 65.7 Å². The average Bonchev–Trinajstić information content (AvgIpc) is 3.54. The molecule has 5 aromatic rings. The van der Waals surface area contributed by atoms with Crippen molar-refractivity contribution in [1.29, 1.82) is 0 Å². The third-order valence-corrected chi connectivity index (χ3v) is 8.07.